The van der Waals surface area contributed by atoms with Gasteiger partial charge in [-0.15, -0.1) is 23.2 Å². The van der Waals surface area contributed by atoms with Crippen LogP contribution in [0.4, 0.5) is 64.4 Å². The van der Waals surface area contributed by atoms with Crippen molar-refractivity contribution in [3.05, 3.63) is 196 Å². The van der Waals surface area contributed by atoms with E-state index in [0.717, 1.165) is 51.2 Å². The number of rotatable bonds is 11. The monoisotopic (exact) mass is 1330 g/mol. The maximum atomic E-state index is 13.5. The minimum atomic E-state index is -4.71. The molecule has 1 aliphatic heterocycles. The van der Waals surface area contributed by atoms with Crippen LogP contribution in [0.2, 0.25) is 0 Å². The van der Waals surface area contributed by atoms with E-state index in [9.17, 15) is 50.3 Å². The molecule has 7 aromatic rings. The van der Waals surface area contributed by atoms with Crippen molar-refractivity contribution in [1.29, 1.82) is 0 Å². The van der Waals surface area contributed by atoms with Gasteiger partial charge in [-0.05, 0) is 188 Å². The molecule has 0 saturated carbocycles. The maximum absolute atomic E-state index is 13.5. The van der Waals surface area contributed by atoms with Gasteiger partial charge in [0.15, 0.2) is 5.78 Å². The first-order valence-corrected chi connectivity index (χ1v) is 29.0. The van der Waals surface area contributed by atoms with Crippen LogP contribution < -0.4 is 37.3 Å². The third-order valence-electron chi connectivity index (χ3n) is 12.3. The van der Waals surface area contributed by atoms with E-state index < -0.39 is 65.7 Å². The Kier molecular flexibility index (Phi) is 31.0. The molecule has 0 fully saturated rings. The fourth-order valence-electron chi connectivity index (χ4n) is 8.08. The first kappa shape index (κ1) is 79.8. The highest BCUT2D eigenvalue weighted by atomic mass is 35.5. The minimum absolute atomic E-state index is 0. The number of fused-ring (bicyclic) bond motifs is 1. The van der Waals surface area contributed by atoms with Gasteiger partial charge in [-0.3, -0.25) is 34.8 Å². The van der Waals surface area contributed by atoms with Gasteiger partial charge in [-0.25, -0.2) is 9.59 Å². The molecule has 0 saturated heterocycles. The predicted octanol–water partition coefficient (Wildman–Crippen LogP) is 19.3. The van der Waals surface area contributed by atoms with E-state index in [-0.39, 0.29) is 47.2 Å². The van der Waals surface area contributed by atoms with Gasteiger partial charge < -0.3 is 36.1 Å². The summed E-state index contributed by atoms with van der Waals surface area (Å²) >= 11 is 9.53. The number of aryl methyl sites for hydroxylation is 5. The number of nitrogens with two attached hydrogens (primary N) is 1. The van der Waals surface area contributed by atoms with Crippen molar-refractivity contribution < 1.29 is 74.1 Å². The molecule has 7 aromatic carbocycles. The molecule has 0 aliphatic carbocycles. The molecule has 8 rings (SSSR count). The standard InChI is InChI=1S/C28H27F3N2O5.C24H21NO2.C13H20N2O2.C2HF3O.CH2Cl2.CH4.H3N/c1-17-13-22(33-26(36)38-27(2,3)4)23(15-21(17)28(29,30)31)32-25(35)16-24(34)18-9-8-12-20(14-18)37-19-10-6-5-7-11-19;1-16-11-19-13-20(26)15-24(25-23(19)12-17(16)2)18-7-6-10-22(14-18)27-21-8-4-3-5-9-21;1-8-6-10(14)11(7-9(8)2)15-12(16)17-13(3,4)5;3-2(4,5)1-6;2-1-3;;/h5-15H,16H2,1-4H3,(H,32,35)(H,33,36);3-12,14H,13,15H2,1-2H3;6-7H,14H2,1-5H3,(H,15,16);1H;1H2;1H4;1H3. The average molecular weight is 1340 g/mol. The Morgan fingerprint density at radius 2 is 1.01 bits per heavy atom. The van der Waals surface area contributed by atoms with Gasteiger partial charge in [0.2, 0.25) is 12.2 Å². The number of carbonyl (C=O) groups is 6. The van der Waals surface area contributed by atoms with E-state index in [1.54, 1.807) is 57.2 Å². The van der Waals surface area contributed by atoms with Crippen LogP contribution in [0.3, 0.4) is 0 Å². The number of Topliss-reactive ketones (excluding diaryl/α,β-unsaturated/α-hetero) is 2. The molecule has 500 valence electrons. The van der Waals surface area contributed by atoms with Crippen molar-refractivity contribution in [2.45, 2.75) is 126 Å². The van der Waals surface area contributed by atoms with Gasteiger partial charge in [0, 0.05) is 24.0 Å². The number of hydrogen-bond acceptors (Lipinski definition) is 13. The number of aldehydes is 1. The third-order valence-corrected chi connectivity index (χ3v) is 12.3. The minimum Gasteiger partial charge on any atom is -0.457 e. The Morgan fingerprint density at radius 3 is 1.52 bits per heavy atom. The summed E-state index contributed by atoms with van der Waals surface area (Å²) in [7, 11) is 0. The van der Waals surface area contributed by atoms with E-state index >= 15 is 0 Å². The van der Waals surface area contributed by atoms with E-state index in [2.05, 4.69) is 41.9 Å². The number of nitrogen functional groups attached to an aromatic ring is 1. The van der Waals surface area contributed by atoms with Crippen molar-refractivity contribution in [3.63, 3.8) is 0 Å². The number of ether oxygens (including phenoxy) is 4. The molecule has 0 spiro atoms. The number of alkyl halides is 8. The quantitative estimate of drug-likeness (QED) is 0.0203. The average Bonchev–Trinajstić information content (AvgIpc) is 1.66. The molecule has 0 bridgehead atoms. The van der Waals surface area contributed by atoms with E-state index in [4.69, 9.17) is 57.7 Å². The number of amides is 3. The van der Waals surface area contributed by atoms with Crippen LogP contribution in [0.25, 0.3) is 0 Å². The van der Waals surface area contributed by atoms with Crippen molar-refractivity contribution in [2.24, 2.45) is 4.99 Å². The molecule has 8 N–H and O–H groups in total. The summed E-state index contributed by atoms with van der Waals surface area (Å²) in [6, 6.07) is 42.1. The lowest BCUT2D eigenvalue weighted by Crippen LogP contribution is -2.28. The van der Waals surface area contributed by atoms with Crippen LogP contribution in [0.5, 0.6) is 23.0 Å². The van der Waals surface area contributed by atoms with Crippen molar-refractivity contribution in [2.75, 3.05) is 27.0 Å². The first-order valence-electron chi connectivity index (χ1n) is 27.9. The molecule has 0 aromatic heterocycles. The van der Waals surface area contributed by atoms with Crippen LogP contribution in [0.15, 0.2) is 151 Å². The molecular formula is C69H78Cl2F6N6O10. The van der Waals surface area contributed by atoms with E-state index in [1.165, 1.54) is 30.2 Å². The normalized spacial score (nSPS) is 11.6. The SMILES string of the molecule is C.Cc1cc(N)c(NC(=O)OC(C)(C)C)cc1C.Cc1cc(NC(=O)OC(C)(C)C)c(NC(=O)CC(=O)c2cccc(Oc3ccccc3)c2)cc1C(F)(F)F.Cc1cc2c(cc1C)N=C(c1cccc(Oc3ccccc3)c1)CC(=O)C2.ClCCl.N.O=CC(F)(F)F. The number of aliphatic imine (C=N–C) groups is 1. The number of ketones is 2. The number of benzene rings is 7. The lowest BCUT2D eigenvalue weighted by atomic mass is 9.99. The van der Waals surface area contributed by atoms with Crippen LogP contribution in [0, 0.1) is 34.6 Å². The largest absolute Gasteiger partial charge is 0.457 e. The molecule has 0 radical (unpaired) electrons. The Labute approximate surface area is 548 Å². The topological polar surface area (TPSA) is 249 Å². The lowest BCUT2D eigenvalue weighted by molar-refractivity contribution is -0.156. The van der Waals surface area contributed by atoms with E-state index in [0.29, 0.717) is 41.8 Å². The Balaban J connectivity index is 0.000000465. The summed E-state index contributed by atoms with van der Waals surface area (Å²) in [5.74, 6) is 1.19. The van der Waals surface area contributed by atoms with Crippen molar-refractivity contribution in [1.82, 2.24) is 6.15 Å². The molecule has 0 atom stereocenters. The Morgan fingerprint density at radius 1 is 0.570 bits per heavy atom. The third kappa shape index (κ3) is 28.4. The van der Waals surface area contributed by atoms with E-state index in [1.807, 2.05) is 107 Å². The smallest absolute Gasteiger partial charge is 0.446 e. The van der Waals surface area contributed by atoms with Crippen molar-refractivity contribution >= 4 is 93.3 Å². The zero-order valence-electron chi connectivity index (χ0n) is 52.6. The molecular weight excluding hydrogens is 1260 g/mol. The van der Waals surface area contributed by atoms with Crippen LogP contribution in [-0.2, 0) is 36.5 Å². The number of nitrogens with zero attached hydrogens (tertiary/aromatic N) is 1. The first-order chi connectivity index (χ1) is 42.5. The summed E-state index contributed by atoms with van der Waals surface area (Å²) in [5.41, 5.74) is 12.3. The Hall–Kier alpha value is -9.25. The van der Waals surface area contributed by atoms with Crippen LogP contribution in [0.1, 0.15) is 117 Å². The van der Waals surface area contributed by atoms with Gasteiger partial charge in [-0.2, -0.15) is 26.3 Å². The number of halogens is 8. The lowest BCUT2D eigenvalue weighted by Gasteiger charge is -2.21. The highest BCUT2D eigenvalue weighted by molar-refractivity contribution is 6.40. The predicted molar refractivity (Wildman–Crippen MR) is 356 cm³/mol. The molecule has 3 amide bonds. The summed E-state index contributed by atoms with van der Waals surface area (Å²) in [5, 5.41) is 7.52. The van der Waals surface area contributed by atoms with Gasteiger partial charge >= 0.3 is 24.5 Å². The summed E-state index contributed by atoms with van der Waals surface area (Å²) < 4.78 is 93.8. The zero-order valence-corrected chi connectivity index (χ0v) is 54.1. The van der Waals surface area contributed by atoms with Gasteiger partial charge in [-0.1, -0.05) is 74.2 Å². The number of para-hydroxylation sites is 2. The summed E-state index contributed by atoms with van der Waals surface area (Å²) in [4.78, 5) is 75.3. The second kappa shape index (κ2) is 36.1. The number of nitrogens with one attached hydrogen (secondary N) is 3. The molecule has 24 heteroatoms. The Bertz CT molecular complexity index is 3710. The van der Waals surface area contributed by atoms with Gasteiger partial charge in [0.1, 0.15) is 40.0 Å². The molecule has 1 aliphatic rings. The molecule has 1 heterocycles. The molecule has 0 unspecified atom stereocenters. The van der Waals surface area contributed by atoms with Crippen LogP contribution >= 0.6 is 23.2 Å². The highest BCUT2D eigenvalue weighted by Crippen LogP contribution is 2.38. The fourth-order valence-corrected chi connectivity index (χ4v) is 8.08. The second-order valence-corrected chi connectivity index (χ2v) is 23.1. The fraction of sp³-hybridized carbons (Fsp3) is 0.290. The van der Waals surface area contributed by atoms with Gasteiger partial charge in [0.05, 0.1) is 51.5 Å². The number of carbonyl (C=O) groups excluding carboxylic acids is 6. The molecule has 16 nitrogen and oxygen atoms in total. The highest BCUT2D eigenvalue weighted by Gasteiger charge is 2.34. The maximum Gasteiger partial charge on any atom is 0.446 e. The number of hydrogen-bond donors (Lipinski definition) is 5. The second-order valence-electron chi connectivity index (χ2n) is 22.3. The summed E-state index contributed by atoms with van der Waals surface area (Å²) in [6.07, 6.45) is -11.7. The molecule has 93 heavy (non-hydrogen) atoms. The van der Waals surface area contributed by atoms with Crippen molar-refractivity contribution in [3.8, 4) is 23.0 Å². The summed E-state index contributed by atoms with van der Waals surface area (Å²) in [6.45, 7) is 19.6. The zero-order chi connectivity index (χ0) is 68.0. The number of anilines is 4. The van der Waals surface area contributed by atoms with Crippen LogP contribution in [-0.4, -0.2) is 64.4 Å². The van der Waals surface area contributed by atoms with Gasteiger partial charge in [0.25, 0.3) is 0 Å².